The molecule has 0 aromatic heterocycles. The van der Waals surface area contributed by atoms with Gasteiger partial charge in [-0.3, -0.25) is 0 Å². The Kier molecular flexibility index (Phi) is 4.28. The summed E-state index contributed by atoms with van der Waals surface area (Å²) >= 11 is 0. The summed E-state index contributed by atoms with van der Waals surface area (Å²) in [4.78, 5) is 21.2. The fraction of sp³-hybridized carbons (Fsp3) is 0.167. The molecule has 0 saturated heterocycles. The Morgan fingerprint density at radius 3 is 2.12 bits per heavy atom. The third-order valence-corrected chi connectivity index (χ3v) is 2.16. The van der Waals surface area contributed by atoms with Gasteiger partial charge in [0.25, 0.3) is 0 Å². The van der Waals surface area contributed by atoms with Gasteiger partial charge in [-0.15, -0.1) is 0 Å². The smallest absolute Gasteiger partial charge is 0.342 e. The van der Waals surface area contributed by atoms with Crippen LogP contribution in [0.4, 0.5) is 0 Å². The number of carboxylic acids is 2. The number of hydrogen-bond donors (Lipinski definition) is 2. The molecule has 0 amide bonds. The highest BCUT2D eigenvalue weighted by molar-refractivity contribution is 6.12. The zero-order chi connectivity index (χ0) is 12.8. The van der Waals surface area contributed by atoms with Crippen LogP contribution in [0.25, 0.3) is 0 Å². The lowest BCUT2D eigenvalue weighted by molar-refractivity contribution is -0.140. The van der Waals surface area contributed by atoms with E-state index in [0.29, 0.717) is 5.75 Å². The number of hydrogen-bond acceptors (Lipinski definition) is 3. The zero-order valence-corrected chi connectivity index (χ0v) is 9.21. The van der Waals surface area contributed by atoms with Crippen molar-refractivity contribution in [1.29, 1.82) is 0 Å². The van der Waals surface area contributed by atoms with Gasteiger partial charge in [0, 0.05) is 0 Å². The average Bonchev–Trinajstić information content (AvgIpc) is 2.29. The third kappa shape index (κ3) is 3.64. The van der Waals surface area contributed by atoms with E-state index >= 15 is 0 Å². The van der Waals surface area contributed by atoms with Gasteiger partial charge in [-0.25, -0.2) is 9.59 Å². The number of carboxylic acid groups (broad SMARTS) is 2. The molecule has 0 heterocycles. The molecule has 1 aromatic carbocycles. The van der Waals surface area contributed by atoms with Crippen LogP contribution in [0.3, 0.4) is 0 Å². The molecule has 0 aliphatic rings. The maximum Gasteiger partial charge on any atom is 0.342 e. The number of aliphatic carboxylic acids is 2. The molecule has 1 rings (SSSR count). The Morgan fingerprint density at radius 2 is 1.71 bits per heavy atom. The molecule has 0 atom stereocenters. The third-order valence-electron chi connectivity index (χ3n) is 2.16. The van der Waals surface area contributed by atoms with Crippen molar-refractivity contribution in [3.05, 3.63) is 41.5 Å². The minimum absolute atomic E-state index is 0.248. The molecular weight excluding hydrogens is 224 g/mol. The van der Waals surface area contributed by atoms with Gasteiger partial charge in [0.2, 0.25) is 0 Å². The van der Waals surface area contributed by atoms with Crippen LogP contribution in [-0.2, 0) is 16.0 Å². The molecule has 0 bridgehead atoms. The molecule has 1 aromatic rings. The summed E-state index contributed by atoms with van der Waals surface area (Å²) in [7, 11) is 1.54. The van der Waals surface area contributed by atoms with E-state index in [0.717, 1.165) is 5.56 Å². The normalized spacial score (nSPS) is 9.47. The van der Waals surface area contributed by atoms with E-state index in [1.54, 1.807) is 31.4 Å². The topological polar surface area (TPSA) is 83.8 Å². The van der Waals surface area contributed by atoms with Crippen LogP contribution in [0.5, 0.6) is 5.75 Å². The number of ether oxygens (including phenoxy) is 1. The second-order valence-electron chi connectivity index (χ2n) is 3.28. The van der Waals surface area contributed by atoms with Crippen LogP contribution in [-0.4, -0.2) is 29.3 Å². The lowest BCUT2D eigenvalue weighted by atomic mass is 10.1. The lowest BCUT2D eigenvalue weighted by Crippen LogP contribution is -2.11. The van der Waals surface area contributed by atoms with Crippen LogP contribution >= 0.6 is 0 Å². The first-order valence-electron chi connectivity index (χ1n) is 4.84. The molecule has 0 fully saturated rings. The molecule has 0 aliphatic heterocycles. The molecule has 5 heteroatoms. The monoisotopic (exact) mass is 236 g/mol. The van der Waals surface area contributed by atoms with E-state index in [2.05, 4.69) is 0 Å². The summed E-state index contributed by atoms with van der Waals surface area (Å²) in [6.07, 6.45) is 1.42. The largest absolute Gasteiger partial charge is 0.497 e. The molecule has 0 spiro atoms. The van der Waals surface area contributed by atoms with E-state index < -0.39 is 17.5 Å². The van der Waals surface area contributed by atoms with Crippen LogP contribution in [0.1, 0.15) is 5.56 Å². The van der Waals surface area contributed by atoms with E-state index in [1.807, 2.05) is 0 Å². The number of rotatable bonds is 5. The van der Waals surface area contributed by atoms with Gasteiger partial charge >= 0.3 is 11.9 Å². The number of methoxy groups -OCH3 is 1. The molecule has 0 saturated carbocycles. The van der Waals surface area contributed by atoms with Gasteiger partial charge in [0.1, 0.15) is 11.3 Å². The Balaban J connectivity index is 2.80. The second kappa shape index (κ2) is 5.69. The first-order chi connectivity index (χ1) is 8.04. The number of carbonyl (C=O) groups is 2. The zero-order valence-electron chi connectivity index (χ0n) is 9.21. The fourth-order valence-electron chi connectivity index (χ4n) is 1.25. The van der Waals surface area contributed by atoms with Crippen molar-refractivity contribution in [2.75, 3.05) is 7.11 Å². The highest BCUT2D eigenvalue weighted by Crippen LogP contribution is 2.12. The standard InChI is InChI=1S/C12H12O5/c1-17-9-5-2-8(3-6-9)4-7-10(11(13)14)12(15)16/h2-3,5-7H,4H2,1H3,(H,13,14)(H,15,16). The summed E-state index contributed by atoms with van der Waals surface area (Å²) in [5.41, 5.74) is 0.187. The van der Waals surface area contributed by atoms with E-state index in [4.69, 9.17) is 14.9 Å². The van der Waals surface area contributed by atoms with Crippen molar-refractivity contribution in [3.63, 3.8) is 0 Å². The van der Waals surface area contributed by atoms with Crippen molar-refractivity contribution >= 4 is 11.9 Å². The highest BCUT2D eigenvalue weighted by atomic mass is 16.5. The first kappa shape index (κ1) is 12.8. The van der Waals surface area contributed by atoms with E-state index in [9.17, 15) is 9.59 Å². The minimum atomic E-state index is -1.44. The molecule has 90 valence electrons. The van der Waals surface area contributed by atoms with Crippen molar-refractivity contribution in [1.82, 2.24) is 0 Å². The van der Waals surface area contributed by atoms with Gasteiger partial charge < -0.3 is 14.9 Å². The van der Waals surface area contributed by atoms with Crippen LogP contribution in [0.2, 0.25) is 0 Å². The van der Waals surface area contributed by atoms with Gasteiger partial charge in [0.15, 0.2) is 0 Å². The summed E-state index contributed by atoms with van der Waals surface area (Å²) in [5, 5.41) is 17.3. The number of benzene rings is 1. The minimum Gasteiger partial charge on any atom is -0.497 e. The highest BCUT2D eigenvalue weighted by Gasteiger charge is 2.14. The summed E-state index contributed by atoms with van der Waals surface area (Å²) < 4.78 is 4.97. The van der Waals surface area contributed by atoms with Gasteiger partial charge in [-0.05, 0) is 24.1 Å². The maximum absolute atomic E-state index is 10.6. The van der Waals surface area contributed by atoms with Gasteiger partial charge in [-0.1, -0.05) is 18.2 Å². The van der Waals surface area contributed by atoms with Crippen molar-refractivity contribution in [2.24, 2.45) is 0 Å². The molecule has 17 heavy (non-hydrogen) atoms. The molecule has 2 N–H and O–H groups in total. The van der Waals surface area contributed by atoms with Crippen LogP contribution in [0, 0.1) is 0 Å². The fourth-order valence-corrected chi connectivity index (χ4v) is 1.25. The molecule has 5 nitrogen and oxygen atoms in total. The van der Waals surface area contributed by atoms with E-state index in [-0.39, 0.29) is 6.42 Å². The predicted molar refractivity (Wildman–Crippen MR) is 60.1 cm³/mol. The molecular formula is C12H12O5. The van der Waals surface area contributed by atoms with Gasteiger partial charge in [0.05, 0.1) is 7.11 Å². The Bertz CT molecular complexity index is 428. The number of allylic oxidation sites excluding steroid dienone is 1. The Hall–Kier alpha value is -2.30. The molecule has 0 unspecified atom stereocenters. The van der Waals surface area contributed by atoms with Crippen LogP contribution in [0.15, 0.2) is 35.9 Å². The quantitative estimate of drug-likeness (QED) is 0.457. The van der Waals surface area contributed by atoms with Crippen molar-refractivity contribution in [3.8, 4) is 5.75 Å². The van der Waals surface area contributed by atoms with E-state index in [1.165, 1.54) is 6.08 Å². The Morgan fingerprint density at radius 1 is 1.18 bits per heavy atom. The molecule has 0 aliphatic carbocycles. The van der Waals surface area contributed by atoms with Crippen molar-refractivity contribution < 1.29 is 24.5 Å². The maximum atomic E-state index is 10.6. The summed E-state index contributed by atoms with van der Waals surface area (Å²) in [5.74, 6) is -2.19. The first-order valence-corrected chi connectivity index (χ1v) is 4.84. The molecule has 0 radical (unpaired) electrons. The van der Waals surface area contributed by atoms with Gasteiger partial charge in [-0.2, -0.15) is 0 Å². The van der Waals surface area contributed by atoms with Crippen LogP contribution < -0.4 is 4.74 Å². The Labute approximate surface area is 98.0 Å². The average molecular weight is 236 g/mol. The summed E-state index contributed by atoms with van der Waals surface area (Å²) in [6.45, 7) is 0. The summed E-state index contributed by atoms with van der Waals surface area (Å²) in [6, 6.07) is 6.95. The predicted octanol–water partition coefficient (Wildman–Crippen LogP) is 1.33. The van der Waals surface area contributed by atoms with Crippen molar-refractivity contribution in [2.45, 2.75) is 6.42 Å². The SMILES string of the molecule is COc1ccc(CC=C(C(=O)O)C(=O)O)cc1. The second-order valence-corrected chi connectivity index (χ2v) is 3.28. The lowest BCUT2D eigenvalue weighted by Gasteiger charge is -2.01.